The van der Waals surface area contributed by atoms with Crippen molar-refractivity contribution < 1.29 is 18.3 Å². The molecule has 23 heavy (non-hydrogen) atoms. The predicted octanol–water partition coefficient (Wildman–Crippen LogP) is 5.75. The fourth-order valence-electron chi connectivity index (χ4n) is 2.38. The van der Waals surface area contributed by atoms with Crippen LogP contribution in [-0.4, -0.2) is 5.11 Å². The molecule has 1 N–H and O–H groups in total. The van der Waals surface area contributed by atoms with E-state index in [0.29, 0.717) is 5.56 Å². The summed E-state index contributed by atoms with van der Waals surface area (Å²) in [4.78, 5) is 0. The molecule has 0 spiro atoms. The molecule has 0 aliphatic carbocycles. The fourth-order valence-corrected chi connectivity index (χ4v) is 2.38. The molecule has 0 fully saturated rings. The Hall–Kier alpha value is -2.75. The van der Waals surface area contributed by atoms with Crippen molar-refractivity contribution in [1.29, 1.82) is 0 Å². The number of hydrogen-bond donors (Lipinski definition) is 1. The molecule has 3 aromatic rings. The van der Waals surface area contributed by atoms with E-state index in [4.69, 9.17) is 0 Å². The highest BCUT2D eigenvalue weighted by Gasteiger charge is 2.30. The lowest BCUT2D eigenvalue weighted by molar-refractivity contribution is -0.137. The van der Waals surface area contributed by atoms with E-state index >= 15 is 0 Å². The van der Waals surface area contributed by atoms with Gasteiger partial charge in [0.15, 0.2) is 0 Å². The van der Waals surface area contributed by atoms with Gasteiger partial charge in [-0.15, -0.1) is 0 Å². The number of aromatic hydroxyl groups is 1. The number of phenolic OH excluding ortho intramolecular Hbond substituents is 1. The number of hydrogen-bond acceptors (Lipinski definition) is 1. The quantitative estimate of drug-likeness (QED) is 0.639. The average Bonchev–Trinajstić information content (AvgIpc) is 2.55. The van der Waals surface area contributed by atoms with Crippen molar-refractivity contribution in [2.75, 3.05) is 0 Å². The Balaban J connectivity index is 1.92. The van der Waals surface area contributed by atoms with Gasteiger partial charge in [0.25, 0.3) is 0 Å². The van der Waals surface area contributed by atoms with Crippen molar-refractivity contribution in [3.63, 3.8) is 0 Å². The van der Waals surface area contributed by atoms with Crippen LogP contribution in [0.15, 0.2) is 72.8 Å². The van der Waals surface area contributed by atoms with Crippen LogP contribution in [0.2, 0.25) is 0 Å². The highest BCUT2D eigenvalue weighted by molar-refractivity contribution is 5.71. The zero-order chi connectivity index (χ0) is 16.4. The third-order valence-corrected chi connectivity index (χ3v) is 3.61. The minimum absolute atomic E-state index is 0.189. The maximum Gasteiger partial charge on any atom is 0.416 e. The van der Waals surface area contributed by atoms with Crippen LogP contribution < -0.4 is 0 Å². The molecule has 0 saturated heterocycles. The Kier molecular flexibility index (Phi) is 3.82. The minimum Gasteiger partial charge on any atom is -0.508 e. The molecule has 0 aromatic heterocycles. The van der Waals surface area contributed by atoms with Gasteiger partial charge in [0.1, 0.15) is 5.75 Å². The lowest BCUT2D eigenvalue weighted by atomic mass is 9.99. The standard InChI is InChI=1S/C19H13F3O/c20-19(21,22)17-3-1-2-16(12-17)15-6-4-13(5-7-15)14-8-10-18(23)11-9-14/h1-12,23H. The summed E-state index contributed by atoms with van der Waals surface area (Å²) in [6.07, 6.45) is -4.35. The first-order chi connectivity index (χ1) is 10.9. The van der Waals surface area contributed by atoms with Crippen molar-refractivity contribution in [2.24, 2.45) is 0 Å². The van der Waals surface area contributed by atoms with Crippen LogP contribution in [-0.2, 0) is 6.18 Å². The van der Waals surface area contributed by atoms with Crippen molar-refractivity contribution >= 4 is 0 Å². The smallest absolute Gasteiger partial charge is 0.416 e. The van der Waals surface area contributed by atoms with E-state index in [1.165, 1.54) is 6.07 Å². The number of alkyl halides is 3. The van der Waals surface area contributed by atoms with Gasteiger partial charge in [0, 0.05) is 0 Å². The highest BCUT2D eigenvalue weighted by atomic mass is 19.4. The molecule has 1 nitrogen and oxygen atoms in total. The first kappa shape index (κ1) is 15.2. The topological polar surface area (TPSA) is 20.2 Å². The number of phenols is 1. The maximum absolute atomic E-state index is 12.8. The predicted molar refractivity (Wildman–Crippen MR) is 84.0 cm³/mol. The van der Waals surface area contributed by atoms with Crippen molar-refractivity contribution in [3.05, 3.63) is 78.4 Å². The molecule has 0 heterocycles. The van der Waals surface area contributed by atoms with E-state index in [9.17, 15) is 18.3 Å². The number of rotatable bonds is 2. The zero-order valence-electron chi connectivity index (χ0n) is 12.0. The molecule has 0 unspecified atom stereocenters. The van der Waals surface area contributed by atoms with Gasteiger partial charge in [0.05, 0.1) is 5.56 Å². The Morgan fingerprint density at radius 2 is 1.09 bits per heavy atom. The van der Waals surface area contributed by atoms with Crippen molar-refractivity contribution in [1.82, 2.24) is 0 Å². The van der Waals surface area contributed by atoms with E-state index in [0.717, 1.165) is 28.8 Å². The fraction of sp³-hybridized carbons (Fsp3) is 0.0526. The van der Waals surface area contributed by atoms with Gasteiger partial charge in [-0.3, -0.25) is 0 Å². The normalized spacial score (nSPS) is 11.4. The van der Waals surface area contributed by atoms with Crippen molar-refractivity contribution in [2.45, 2.75) is 6.18 Å². The summed E-state index contributed by atoms with van der Waals surface area (Å²) in [5, 5.41) is 9.30. The molecule has 0 aliphatic rings. The van der Waals surface area contributed by atoms with Gasteiger partial charge in [-0.2, -0.15) is 13.2 Å². The Bertz CT molecular complexity index is 803. The summed E-state index contributed by atoms with van der Waals surface area (Å²) in [6.45, 7) is 0. The van der Waals surface area contributed by atoms with Crippen LogP contribution in [0, 0.1) is 0 Å². The van der Waals surface area contributed by atoms with E-state index in [1.807, 2.05) is 12.1 Å². The zero-order valence-corrected chi connectivity index (χ0v) is 12.0. The van der Waals surface area contributed by atoms with Crippen molar-refractivity contribution in [3.8, 4) is 28.0 Å². The summed E-state index contributed by atoms with van der Waals surface area (Å²) in [6, 6.07) is 19.3. The second-order valence-electron chi connectivity index (χ2n) is 5.20. The van der Waals surface area contributed by atoms with Gasteiger partial charge in [0.2, 0.25) is 0 Å². The third kappa shape index (κ3) is 3.37. The molecule has 0 aliphatic heterocycles. The first-order valence-corrected chi connectivity index (χ1v) is 7.00. The molecule has 3 rings (SSSR count). The average molecular weight is 314 g/mol. The van der Waals surface area contributed by atoms with Gasteiger partial charge in [-0.1, -0.05) is 48.5 Å². The molecule has 0 bridgehead atoms. The molecule has 116 valence electrons. The molecule has 3 aromatic carbocycles. The molecule has 0 atom stereocenters. The SMILES string of the molecule is Oc1ccc(-c2ccc(-c3cccc(C(F)(F)F)c3)cc2)cc1. The molecule has 0 radical (unpaired) electrons. The summed E-state index contributed by atoms with van der Waals surface area (Å²) in [5.74, 6) is 0.189. The second kappa shape index (κ2) is 5.80. The van der Waals surface area contributed by atoms with Crippen LogP contribution >= 0.6 is 0 Å². The summed E-state index contributed by atoms with van der Waals surface area (Å²) in [7, 11) is 0. The largest absolute Gasteiger partial charge is 0.508 e. The number of halogens is 3. The van der Waals surface area contributed by atoms with Crippen LogP contribution in [0.1, 0.15) is 5.56 Å². The summed E-state index contributed by atoms with van der Waals surface area (Å²) >= 11 is 0. The van der Waals surface area contributed by atoms with Crippen LogP contribution in [0.25, 0.3) is 22.3 Å². The molecule has 4 heteroatoms. The Morgan fingerprint density at radius 3 is 1.61 bits per heavy atom. The Morgan fingerprint density at radius 1 is 0.609 bits per heavy atom. The van der Waals surface area contributed by atoms with Gasteiger partial charge in [-0.05, 0) is 46.5 Å². The lowest BCUT2D eigenvalue weighted by Crippen LogP contribution is -2.04. The van der Waals surface area contributed by atoms with E-state index in [2.05, 4.69) is 0 Å². The Labute approximate surface area is 131 Å². The van der Waals surface area contributed by atoms with E-state index < -0.39 is 11.7 Å². The van der Waals surface area contributed by atoms with Crippen LogP contribution in [0.4, 0.5) is 13.2 Å². The molecule has 0 saturated carbocycles. The highest BCUT2D eigenvalue weighted by Crippen LogP contribution is 2.32. The second-order valence-corrected chi connectivity index (χ2v) is 5.20. The molecular weight excluding hydrogens is 301 g/mol. The monoisotopic (exact) mass is 314 g/mol. The van der Waals surface area contributed by atoms with Gasteiger partial charge >= 0.3 is 6.18 Å². The number of benzene rings is 3. The van der Waals surface area contributed by atoms with E-state index in [-0.39, 0.29) is 5.75 Å². The van der Waals surface area contributed by atoms with Gasteiger partial charge in [-0.25, -0.2) is 0 Å². The van der Waals surface area contributed by atoms with Gasteiger partial charge < -0.3 is 5.11 Å². The summed E-state index contributed by atoms with van der Waals surface area (Å²) < 4.78 is 38.3. The maximum atomic E-state index is 12.8. The van der Waals surface area contributed by atoms with Crippen LogP contribution in [0.3, 0.4) is 0 Å². The van der Waals surface area contributed by atoms with E-state index in [1.54, 1.807) is 42.5 Å². The molecular formula is C19H13F3O. The minimum atomic E-state index is -4.35. The first-order valence-electron chi connectivity index (χ1n) is 7.00. The lowest BCUT2D eigenvalue weighted by Gasteiger charge is -2.09. The molecule has 0 amide bonds. The third-order valence-electron chi connectivity index (χ3n) is 3.61. The van der Waals surface area contributed by atoms with Crippen LogP contribution in [0.5, 0.6) is 5.75 Å². The summed E-state index contributed by atoms with van der Waals surface area (Å²) in [5.41, 5.74) is 2.45.